The highest BCUT2D eigenvalue weighted by molar-refractivity contribution is 5.01. The Morgan fingerprint density at radius 3 is 2.06 bits per heavy atom. The summed E-state index contributed by atoms with van der Waals surface area (Å²) in [5, 5.41) is 0. The minimum absolute atomic E-state index is 0.293. The lowest BCUT2D eigenvalue weighted by molar-refractivity contribution is -0.100. The summed E-state index contributed by atoms with van der Waals surface area (Å²) >= 11 is 0. The second kappa shape index (κ2) is 3.97. The molecule has 1 atom stereocenters. The van der Waals surface area contributed by atoms with E-state index in [1.165, 1.54) is 38.5 Å². The summed E-state index contributed by atoms with van der Waals surface area (Å²) in [5.41, 5.74) is 0.448. The summed E-state index contributed by atoms with van der Waals surface area (Å²) in [6.07, 6.45) is 7.68. The Kier molecular flexibility index (Phi) is 2.73. The summed E-state index contributed by atoms with van der Waals surface area (Å²) in [4.78, 5) is 0. The fraction of sp³-hybridized carbons (Fsp3) is 1.00. The number of hydrogen-bond donors (Lipinski definition) is 0. The Hall–Kier alpha value is -0.110. The van der Waals surface area contributed by atoms with E-state index in [0.717, 1.165) is 24.4 Å². The molecule has 4 saturated carbocycles. The van der Waals surface area contributed by atoms with Crippen LogP contribution in [-0.2, 0) is 4.74 Å². The third-order valence-electron chi connectivity index (χ3n) is 4.92. The molecule has 4 rings (SSSR count). The maximum absolute atomic E-state index is 12.7. The zero-order valence-corrected chi connectivity index (χ0v) is 10.3. The lowest BCUT2D eigenvalue weighted by Crippen LogP contribution is -2.48. The van der Waals surface area contributed by atoms with Gasteiger partial charge in [0.25, 0.3) is 0 Å². The van der Waals surface area contributed by atoms with Gasteiger partial charge in [0.1, 0.15) is 6.17 Å². The Morgan fingerprint density at radius 2 is 1.62 bits per heavy atom. The standard InChI is InChI=1S/C14H23FO/c1-10(15)8-16-9-14-5-11-2-12(6-14)4-13(3-11)7-14/h10-13H,2-9H2,1H3. The molecule has 0 aromatic rings. The second-order valence-corrected chi connectivity index (χ2v) is 6.71. The van der Waals surface area contributed by atoms with Gasteiger partial charge in [-0.1, -0.05) is 0 Å². The Bertz CT molecular complexity index is 226. The molecule has 2 heteroatoms. The van der Waals surface area contributed by atoms with E-state index in [9.17, 15) is 4.39 Å². The molecule has 4 fully saturated rings. The van der Waals surface area contributed by atoms with E-state index in [1.807, 2.05) is 0 Å². The van der Waals surface area contributed by atoms with Gasteiger partial charge in [-0.3, -0.25) is 0 Å². The molecule has 0 N–H and O–H groups in total. The first-order valence-electron chi connectivity index (χ1n) is 6.87. The lowest BCUT2D eigenvalue weighted by atomic mass is 9.50. The van der Waals surface area contributed by atoms with E-state index in [0.29, 0.717) is 12.0 Å². The normalized spacial score (nSPS) is 47.2. The van der Waals surface area contributed by atoms with Crippen molar-refractivity contribution in [3.8, 4) is 0 Å². The first-order valence-corrected chi connectivity index (χ1v) is 6.87. The molecule has 0 saturated heterocycles. The van der Waals surface area contributed by atoms with E-state index >= 15 is 0 Å². The van der Waals surface area contributed by atoms with Crippen LogP contribution in [0.3, 0.4) is 0 Å². The summed E-state index contributed by atoms with van der Waals surface area (Å²) < 4.78 is 18.3. The van der Waals surface area contributed by atoms with Crippen LogP contribution in [0.1, 0.15) is 45.4 Å². The van der Waals surface area contributed by atoms with Crippen molar-refractivity contribution in [2.75, 3.05) is 13.2 Å². The van der Waals surface area contributed by atoms with Crippen LogP contribution in [0.2, 0.25) is 0 Å². The van der Waals surface area contributed by atoms with Crippen LogP contribution < -0.4 is 0 Å². The van der Waals surface area contributed by atoms with Crippen LogP contribution in [0.4, 0.5) is 4.39 Å². The molecule has 0 aliphatic heterocycles. The smallest absolute Gasteiger partial charge is 0.121 e. The highest BCUT2D eigenvalue weighted by atomic mass is 19.1. The summed E-state index contributed by atoms with van der Waals surface area (Å²) in [6.45, 7) is 2.70. The molecule has 0 aromatic carbocycles. The van der Waals surface area contributed by atoms with E-state index in [2.05, 4.69) is 0 Å². The molecular weight excluding hydrogens is 203 g/mol. The predicted molar refractivity (Wildman–Crippen MR) is 62.0 cm³/mol. The molecule has 92 valence electrons. The number of ether oxygens (including phenoxy) is 1. The molecule has 1 nitrogen and oxygen atoms in total. The number of halogens is 1. The fourth-order valence-electron chi connectivity index (χ4n) is 4.90. The summed E-state index contributed by atoms with van der Waals surface area (Å²) in [6, 6.07) is 0. The first-order chi connectivity index (χ1) is 7.65. The van der Waals surface area contributed by atoms with Crippen molar-refractivity contribution in [1.29, 1.82) is 0 Å². The van der Waals surface area contributed by atoms with Crippen molar-refractivity contribution < 1.29 is 9.13 Å². The lowest BCUT2D eigenvalue weighted by Gasteiger charge is -2.56. The Morgan fingerprint density at radius 1 is 1.12 bits per heavy atom. The van der Waals surface area contributed by atoms with Gasteiger partial charge in [-0.15, -0.1) is 0 Å². The Labute approximate surface area is 97.7 Å². The minimum Gasteiger partial charge on any atom is -0.378 e. The molecule has 1 unspecified atom stereocenters. The molecule has 0 aromatic heterocycles. The molecule has 4 bridgehead atoms. The van der Waals surface area contributed by atoms with Gasteiger partial charge in [0.2, 0.25) is 0 Å². The maximum Gasteiger partial charge on any atom is 0.121 e. The van der Waals surface area contributed by atoms with Crippen LogP contribution in [0, 0.1) is 23.2 Å². The molecule has 16 heavy (non-hydrogen) atoms. The molecule has 0 amide bonds. The number of hydrogen-bond acceptors (Lipinski definition) is 1. The van der Waals surface area contributed by atoms with Crippen molar-refractivity contribution in [3.63, 3.8) is 0 Å². The van der Waals surface area contributed by atoms with Crippen molar-refractivity contribution >= 4 is 0 Å². The predicted octanol–water partition coefficient (Wildman–Crippen LogP) is 3.58. The van der Waals surface area contributed by atoms with Gasteiger partial charge in [0, 0.05) is 0 Å². The third kappa shape index (κ3) is 2.01. The molecule has 0 radical (unpaired) electrons. The van der Waals surface area contributed by atoms with E-state index in [4.69, 9.17) is 4.74 Å². The SMILES string of the molecule is CC(F)COCC12CC3CC(CC(C3)C1)C2. The highest BCUT2D eigenvalue weighted by Crippen LogP contribution is 2.59. The zero-order chi connectivity index (χ0) is 11.2. The molecule has 0 spiro atoms. The average molecular weight is 226 g/mol. The van der Waals surface area contributed by atoms with Crippen LogP contribution in [-0.4, -0.2) is 19.4 Å². The quantitative estimate of drug-likeness (QED) is 0.712. The first kappa shape index (κ1) is 11.0. The van der Waals surface area contributed by atoms with Crippen LogP contribution in [0.25, 0.3) is 0 Å². The average Bonchev–Trinajstić information content (AvgIpc) is 2.13. The molecular formula is C14H23FO. The van der Waals surface area contributed by atoms with Crippen LogP contribution in [0.15, 0.2) is 0 Å². The number of rotatable bonds is 4. The van der Waals surface area contributed by atoms with E-state index in [-0.39, 0.29) is 0 Å². The minimum atomic E-state index is -0.811. The maximum atomic E-state index is 12.7. The molecule has 0 heterocycles. The van der Waals surface area contributed by atoms with Crippen molar-refractivity contribution in [3.05, 3.63) is 0 Å². The van der Waals surface area contributed by atoms with Gasteiger partial charge >= 0.3 is 0 Å². The number of alkyl halides is 1. The van der Waals surface area contributed by atoms with E-state index in [1.54, 1.807) is 6.92 Å². The summed E-state index contributed by atoms with van der Waals surface area (Å²) in [5.74, 6) is 2.91. The van der Waals surface area contributed by atoms with Gasteiger partial charge in [0.15, 0.2) is 0 Å². The van der Waals surface area contributed by atoms with Gasteiger partial charge in [-0.05, 0) is 68.6 Å². The largest absolute Gasteiger partial charge is 0.378 e. The third-order valence-corrected chi connectivity index (χ3v) is 4.92. The van der Waals surface area contributed by atoms with Crippen LogP contribution >= 0.6 is 0 Å². The van der Waals surface area contributed by atoms with E-state index < -0.39 is 6.17 Å². The van der Waals surface area contributed by atoms with Crippen molar-refractivity contribution in [1.82, 2.24) is 0 Å². The van der Waals surface area contributed by atoms with Crippen LogP contribution in [0.5, 0.6) is 0 Å². The highest BCUT2D eigenvalue weighted by Gasteiger charge is 2.50. The molecule has 4 aliphatic rings. The van der Waals surface area contributed by atoms with Crippen molar-refractivity contribution in [2.24, 2.45) is 23.2 Å². The van der Waals surface area contributed by atoms with Gasteiger partial charge < -0.3 is 4.74 Å². The van der Waals surface area contributed by atoms with Gasteiger partial charge in [-0.2, -0.15) is 0 Å². The summed E-state index contributed by atoms with van der Waals surface area (Å²) in [7, 11) is 0. The topological polar surface area (TPSA) is 9.23 Å². The Balaban J connectivity index is 1.60. The van der Waals surface area contributed by atoms with Gasteiger partial charge in [0.05, 0.1) is 13.2 Å². The second-order valence-electron chi connectivity index (χ2n) is 6.71. The van der Waals surface area contributed by atoms with Gasteiger partial charge in [-0.25, -0.2) is 4.39 Å². The molecule has 4 aliphatic carbocycles. The van der Waals surface area contributed by atoms with Crippen molar-refractivity contribution in [2.45, 2.75) is 51.6 Å². The fourth-order valence-corrected chi connectivity index (χ4v) is 4.90. The monoisotopic (exact) mass is 226 g/mol. The zero-order valence-electron chi connectivity index (χ0n) is 10.3.